The van der Waals surface area contributed by atoms with Crippen molar-refractivity contribution in [2.45, 2.75) is 19.3 Å². The van der Waals surface area contributed by atoms with E-state index in [1.807, 2.05) is 12.2 Å². The van der Waals surface area contributed by atoms with Gasteiger partial charge in [0.1, 0.15) is 11.5 Å². The molecule has 1 aromatic rings. The Balaban J connectivity index is 1.59. The van der Waals surface area contributed by atoms with E-state index in [1.54, 1.807) is 18.2 Å². The second-order valence-electron chi connectivity index (χ2n) is 6.38. The molecule has 7 heteroatoms. The number of ether oxygens (including phenoxy) is 2. The highest BCUT2D eigenvalue weighted by Crippen LogP contribution is 2.35. The number of carbonyl (C=O) groups excluding carboxylic acids is 3. The maximum absolute atomic E-state index is 12.4. The molecule has 0 unspecified atom stereocenters. The van der Waals surface area contributed by atoms with Crippen LogP contribution in [-0.4, -0.2) is 43.4 Å². The molecule has 1 N–H and O–H groups in total. The lowest BCUT2D eigenvalue weighted by Gasteiger charge is -2.15. The van der Waals surface area contributed by atoms with Crippen molar-refractivity contribution in [2.24, 2.45) is 11.8 Å². The predicted octanol–water partition coefficient (Wildman–Crippen LogP) is 1.98. The third kappa shape index (κ3) is 3.56. The Morgan fingerprint density at radius 2 is 1.58 bits per heavy atom. The Morgan fingerprint density at radius 1 is 1.04 bits per heavy atom. The SMILES string of the molecule is COc1cc(NC(=O)CCN2C(=O)[C@H]3CC=CC[C@@H]3C2=O)cc(OC)c1. The van der Waals surface area contributed by atoms with Gasteiger partial charge in [0.25, 0.3) is 0 Å². The molecular weight excluding hydrogens is 336 g/mol. The summed E-state index contributed by atoms with van der Waals surface area (Å²) in [6.07, 6.45) is 5.13. The first-order valence-electron chi connectivity index (χ1n) is 8.56. The summed E-state index contributed by atoms with van der Waals surface area (Å²) in [7, 11) is 3.05. The molecule has 0 saturated carbocycles. The van der Waals surface area contributed by atoms with E-state index in [-0.39, 0.29) is 42.5 Å². The zero-order valence-electron chi connectivity index (χ0n) is 14.9. The van der Waals surface area contributed by atoms with Crippen molar-refractivity contribution in [2.75, 3.05) is 26.1 Å². The zero-order chi connectivity index (χ0) is 18.7. The molecule has 1 aromatic carbocycles. The smallest absolute Gasteiger partial charge is 0.233 e. The number of carbonyl (C=O) groups is 3. The monoisotopic (exact) mass is 358 g/mol. The summed E-state index contributed by atoms with van der Waals surface area (Å²) in [4.78, 5) is 38.3. The minimum absolute atomic E-state index is 0.0455. The summed E-state index contributed by atoms with van der Waals surface area (Å²) >= 11 is 0. The maximum Gasteiger partial charge on any atom is 0.233 e. The van der Waals surface area contributed by atoms with Gasteiger partial charge in [-0.15, -0.1) is 0 Å². The highest BCUT2D eigenvalue weighted by Gasteiger charge is 2.46. The van der Waals surface area contributed by atoms with Crippen molar-refractivity contribution in [3.05, 3.63) is 30.4 Å². The molecule has 2 atom stereocenters. The number of rotatable bonds is 6. The van der Waals surface area contributed by atoms with Gasteiger partial charge in [0, 0.05) is 36.9 Å². The second-order valence-corrected chi connectivity index (χ2v) is 6.38. The Labute approximate surface area is 151 Å². The number of benzene rings is 1. The zero-order valence-corrected chi connectivity index (χ0v) is 14.9. The minimum Gasteiger partial charge on any atom is -0.497 e. The van der Waals surface area contributed by atoms with Crippen LogP contribution < -0.4 is 14.8 Å². The van der Waals surface area contributed by atoms with Gasteiger partial charge in [-0.25, -0.2) is 0 Å². The van der Waals surface area contributed by atoms with E-state index in [9.17, 15) is 14.4 Å². The highest BCUT2D eigenvalue weighted by atomic mass is 16.5. The number of imide groups is 1. The molecule has 1 heterocycles. The number of hydrogen-bond acceptors (Lipinski definition) is 5. The largest absolute Gasteiger partial charge is 0.497 e. The summed E-state index contributed by atoms with van der Waals surface area (Å²) in [5, 5.41) is 2.75. The fourth-order valence-corrected chi connectivity index (χ4v) is 3.41. The topological polar surface area (TPSA) is 84.9 Å². The van der Waals surface area contributed by atoms with E-state index in [1.165, 1.54) is 19.1 Å². The van der Waals surface area contributed by atoms with Crippen molar-refractivity contribution in [3.8, 4) is 11.5 Å². The molecule has 138 valence electrons. The van der Waals surface area contributed by atoms with Crippen molar-refractivity contribution >= 4 is 23.4 Å². The standard InChI is InChI=1S/C19H22N2O5/c1-25-13-9-12(10-14(11-13)26-2)20-17(22)7-8-21-18(23)15-5-3-4-6-16(15)19(21)24/h3-4,9-11,15-16H,5-8H2,1-2H3,(H,20,22)/t15-,16-/m0/s1. The molecule has 3 amide bonds. The molecule has 1 saturated heterocycles. The van der Waals surface area contributed by atoms with Crippen LogP contribution in [0.1, 0.15) is 19.3 Å². The third-order valence-electron chi connectivity index (χ3n) is 4.80. The molecule has 0 aromatic heterocycles. The average Bonchev–Trinajstić information content (AvgIpc) is 2.90. The van der Waals surface area contributed by atoms with Crippen LogP contribution in [0.15, 0.2) is 30.4 Å². The summed E-state index contributed by atoms with van der Waals surface area (Å²) in [5.41, 5.74) is 0.531. The molecule has 1 fully saturated rings. The molecule has 1 aliphatic carbocycles. The number of likely N-dealkylation sites (tertiary alicyclic amines) is 1. The number of fused-ring (bicyclic) bond motifs is 1. The van der Waals surface area contributed by atoms with Gasteiger partial charge in [0.2, 0.25) is 17.7 Å². The minimum atomic E-state index is -0.283. The first-order chi connectivity index (χ1) is 12.5. The fraction of sp³-hybridized carbons (Fsp3) is 0.421. The van der Waals surface area contributed by atoms with Gasteiger partial charge in [0.15, 0.2) is 0 Å². The van der Waals surface area contributed by atoms with Crippen molar-refractivity contribution in [1.29, 1.82) is 0 Å². The molecule has 2 aliphatic rings. The highest BCUT2D eigenvalue weighted by molar-refractivity contribution is 6.05. The average molecular weight is 358 g/mol. The van der Waals surface area contributed by atoms with Gasteiger partial charge in [-0.1, -0.05) is 12.2 Å². The number of hydrogen-bond donors (Lipinski definition) is 1. The summed E-state index contributed by atoms with van der Waals surface area (Å²) in [6, 6.07) is 5.05. The van der Waals surface area contributed by atoms with Crippen LogP contribution in [-0.2, 0) is 14.4 Å². The molecule has 1 aliphatic heterocycles. The van der Waals surface area contributed by atoms with Gasteiger partial charge in [-0.2, -0.15) is 0 Å². The Bertz CT molecular complexity index is 710. The molecule has 3 rings (SSSR count). The lowest BCUT2D eigenvalue weighted by Crippen LogP contribution is -2.34. The molecule has 0 radical (unpaired) electrons. The van der Waals surface area contributed by atoms with Crippen LogP contribution in [0, 0.1) is 11.8 Å². The molecule has 7 nitrogen and oxygen atoms in total. The quantitative estimate of drug-likeness (QED) is 0.621. The second kappa shape index (κ2) is 7.59. The third-order valence-corrected chi connectivity index (χ3v) is 4.80. The number of amides is 3. The van der Waals surface area contributed by atoms with E-state index in [0.717, 1.165) is 0 Å². The first kappa shape index (κ1) is 18.0. The van der Waals surface area contributed by atoms with Crippen LogP contribution in [0.25, 0.3) is 0 Å². The maximum atomic E-state index is 12.4. The van der Waals surface area contributed by atoms with E-state index in [4.69, 9.17) is 9.47 Å². The van der Waals surface area contributed by atoms with Crippen LogP contribution in [0.5, 0.6) is 11.5 Å². The Kier molecular flexibility index (Phi) is 5.25. The summed E-state index contributed by atoms with van der Waals surface area (Å²) < 4.78 is 10.3. The van der Waals surface area contributed by atoms with E-state index < -0.39 is 0 Å². The van der Waals surface area contributed by atoms with Crippen LogP contribution >= 0.6 is 0 Å². The number of nitrogens with one attached hydrogen (secondary N) is 1. The number of nitrogens with zero attached hydrogens (tertiary/aromatic N) is 1. The molecule has 0 bridgehead atoms. The lowest BCUT2D eigenvalue weighted by atomic mass is 9.85. The summed E-state index contributed by atoms with van der Waals surface area (Å²) in [5.74, 6) is -0.0343. The van der Waals surface area contributed by atoms with Crippen LogP contribution in [0.2, 0.25) is 0 Å². The predicted molar refractivity (Wildman–Crippen MR) is 94.9 cm³/mol. The van der Waals surface area contributed by atoms with E-state index in [0.29, 0.717) is 30.0 Å². The number of anilines is 1. The fourth-order valence-electron chi connectivity index (χ4n) is 3.41. The van der Waals surface area contributed by atoms with Gasteiger partial charge in [-0.05, 0) is 12.8 Å². The molecule has 0 spiro atoms. The van der Waals surface area contributed by atoms with Crippen molar-refractivity contribution in [3.63, 3.8) is 0 Å². The number of allylic oxidation sites excluding steroid dienone is 2. The summed E-state index contributed by atoms with van der Waals surface area (Å²) in [6.45, 7) is 0.0948. The first-order valence-corrected chi connectivity index (χ1v) is 8.56. The van der Waals surface area contributed by atoms with E-state index in [2.05, 4.69) is 5.32 Å². The lowest BCUT2D eigenvalue weighted by molar-refractivity contribution is -0.140. The van der Waals surface area contributed by atoms with Crippen molar-refractivity contribution in [1.82, 2.24) is 4.90 Å². The van der Waals surface area contributed by atoms with Crippen molar-refractivity contribution < 1.29 is 23.9 Å². The Hall–Kier alpha value is -2.83. The molecule has 26 heavy (non-hydrogen) atoms. The van der Waals surface area contributed by atoms with Crippen LogP contribution in [0.3, 0.4) is 0 Å². The number of methoxy groups -OCH3 is 2. The van der Waals surface area contributed by atoms with Gasteiger partial charge in [0.05, 0.1) is 26.1 Å². The van der Waals surface area contributed by atoms with Gasteiger partial charge >= 0.3 is 0 Å². The van der Waals surface area contributed by atoms with Crippen LogP contribution in [0.4, 0.5) is 5.69 Å². The molecular formula is C19H22N2O5. The Morgan fingerprint density at radius 3 is 2.08 bits per heavy atom. The normalized spacial score (nSPS) is 21.5. The van der Waals surface area contributed by atoms with Gasteiger partial charge in [-0.3, -0.25) is 19.3 Å². The van der Waals surface area contributed by atoms with Gasteiger partial charge < -0.3 is 14.8 Å². The van der Waals surface area contributed by atoms with E-state index >= 15 is 0 Å².